The molecular weight excluding hydrogens is 545 g/mol. The van der Waals surface area contributed by atoms with Crippen LogP contribution in [0.3, 0.4) is 0 Å². The monoisotopic (exact) mass is 572 g/mol. The van der Waals surface area contributed by atoms with Crippen LogP contribution in [0.2, 0.25) is 0 Å². The highest BCUT2D eigenvalue weighted by Crippen LogP contribution is 2.54. The Kier molecular flexibility index (Phi) is 6.78. The number of halogens is 3. The number of alkyl halides is 3. The Morgan fingerprint density at radius 1 is 0.925 bits per heavy atom. The molecule has 2 aromatic heterocycles. The van der Waals surface area contributed by atoms with Crippen LogP contribution in [-0.2, 0) is 21.0 Å². The number of hydrogen-bond donors (Lipinski definition) is 0. The fourth-order valence-corrected chi connectivity index (χ4v) is 7.40. The summed E-state index contributed by atoms with van der Waals surface area (Å²) >= 11 is 0. The number of aromatic nitrogens is 2. The number of piperidine rings is 2. The summed E-state index contributed by atoms with van der Waals surface area (Å²) in [4.78, 5) is 22.9. The quantitative estimate of drug-likeness (QED) is 0.430. The topological polar surface area (TPSA) is 92.7 Å². The predicted octanol–water partition coefficient (Wildman–Crippen LogP) is 4.56. The number of pyridine rings is 2. The van der Waals surface area contributed by atoms with Crippen molar-refractivity contribution in [3.63, 3.8) is 0 Å². The summed E-state index contributed by atoms with van der Waals surface area (Å²) in [7, 11) is -3.76. The lowest BCUT2D eigenvalue weighted by Crippen LogP contribution is -2.41. The normalized spacial score (nSPS) is 23.6. The van der Waals surface area contributed by atoms with Crippen molar-refractivity contribution in [3.8, 4) is 11.6 Å². The highest BCUT2D eigenvalue weighted by molar-refractivity contribution is 7.89. The first-order valence-electron chi connectivity index (χ1n) is 13.1. The summed E-state index contributed by atoms with van der Waals surface area (Å²) in [5.74, 6) is 0.723. The number of nitrogens with zero attached hydrogens (tertiary/aromatic N) is 4. The molecule has 210 valence electrons. The second-order valence-corrected chi connectivity index (χ2v) is 12.4. The second kappa shape index (κ2) is 10.2. The maximum atomic E-state index is 13.2. The fourth-order valence-electron chi connectivity index (χ4n) is 5.89. The molecular formula is C28H27F3N4O4S. The van der Waals surface area contributed by atoms with Gasteiger partial charge in [0.1, 0.15) is 5.75 Å². The number of benzene rings is 1. The van der Waals surface area contributed by atoms with Crippen LogP contribution in [0.15, 0.2) is 72.0 Å². The molecule has 2 saturated heterocycles. The van der Waals surface area contributed by atoms with Crippen LogP contribution in [0.25, 0.3) is 0 Å². The van der Waals surface area contributed by atoms with Gasteiger partial charge in [-0.05, 0) is 78.6 Å². The van der Waals surface area contributed by atoms with Crippen LogP contribution in [0.1, 0.15) is 29.9 Å². The van der Waals surface area contributed by atoms with E-state index in [4.69, 9.17) is 4.74 Å². The molecule has 0 spiro atoms. The van der Waals surface area contributed by atoms with E-state index in [2.05, 4.69) is 9.97 Å². The van der Waals surface area contributed by atoms with Gasteiger partial charge in [-0.1, -0.05) is 0 Å². The number of ether oxygens (including phenoxy) is 1. The minimum atomic E-state index is -4.50. The number of rotatable bonds is 6. The fraction of sp³-hybridized carbons (Fsp3) is 0.393. The van der Waals surface area contributed by atoms with Crippen LogP contribution in [0, 0.1) is 17.8 Å². The molecule has 12 heteroatoms. The van der Waals surface area contributed by atoms with Gasteiger partial charge >= 0.3 is 6.18 Å². The van der Waals surface area contributed by atoms with Gasteiger partial charge < -0.3 is 9.64 Å². The molecule has 3 aromatic rings. The van der Waals surface area contributed by atoms with Crippen LogP contribution in [0.4, 0.5) is 13.2 Å². The highest BCUT2D eigenvalue weighted by atomic mass is 32.2. The standard InChI is InChI=1S/C28H27F3N4O4S/c29-28(30,31)20-1-6-25(33-15-20)39-21-2-4-22(5-3-21)40(37,38)35-16-23-24(17-35)26(23)27(36)34-13-9-19(10-14-34)18-7-11-32-12-8-18/h1-8,11-12,15,19,23-24,26H,9-10,13-14,16-17H2/t23-,24-/m0/s1. The highest BCUT2D eigenvalue weighted by Gasteiger charge is 2.62. The number of carbonyl (C=O) groups is 1. The number of sulfonamides is 1. The van der Waals surface area contributed by atoms with Gasteiger partial charge in [-0.3, -0.25) is 9.78 Å². The number of likely N-dealkylation sites (tertiary alicyclic amines) is 1. The van der Waals surface area contributed by atoms with E-state index in [-0.39, 0.29) is 40.2 Å². The average molecular weight is 573 g/mol. The number of carbonyl (C=O) groups excluding carboxylic acids is 1. The number of amides is 1. The van der Waals surface area contributed by atoms with E-state index >= 15 is 0 Å². The van der Waals surface area contributed by atoms with E-state index in [9.17, 15) is 26.4 Å². The van der Waals surface area contributed by atoms with Crippen LogP contribution in [0.5, 0.6) is 11.6 Å². The number of fused-ring (bicyclic) bond motifs is 1. The molecule has 4 heterocycles. The first-order chi connectivity index (χ1) is 19.1. The molecule has 0 N–H and O–H groups in total. The van der Waals surface area contributed by atoms with Crippen molar-refractivity contribution in [1.29, 1.82) is 0 Å². The Morgan fingerprint density at radius 3 is 2.15 bits per heavy atom. The average Bonchev–Trinajstić information content (AvgIpc) is 3.45. The summed E-state index contributed by atoms with van der Waals surface area (Å²) in [5.41, 5.74) is 0.363. The zero-order valence-corrected chi connectivity index (χ0v) is 22.2. The molecule has 2 atom stereocenters. The van der Waals surface area contributed by atoms with E-state index in [0.29, 0.717) is 38.3 Å². The minimum absolute atomic E-state index is 0.0357. The summed E-state index contributed by atoms with van der Waals surface area (Å²) in [6.07, 6.45) is 1.58. The van der Waals surface area contributed by atoms with Crippen molar-refractivity contribution in [2.45, 2.75) is 29.8 Å². The first kappa shape index (κ1) is 26.7. The van der Waals surface area contributed by atoms with Crippen molar-refractivity contribution >= 4 is 15.9 Å². The third kappa shape index (κ3) is 5.17. The summed E-state index contributed by atoms with van der Waals surface area (Å²) in [6, 6.07) is 11.7. The molecule has 1 aliphatic carbocycles. The molecule has 3 fully saturated rings. The molecule has 0 bridgehead atoms. The zero-order chi connectivity index (χ0) is 28.1. The molecule has 1 amide bonds. The van der Waals surface area contributed by atoms with Gasteiger partial charge in [-0.25, -0.2) is 13.4 Å². The van der Waals surface area contributed by atoms with Gasteiger partial charge in [-0.15, -0.1) is 0 Å². The lowest BCUT2D eigenvalue weighted by atomic mass is 9.90. The van der Waals surface area contributed by atoms with Gasteiger partial charge in [0.2, 0.25) is 21.8 Å². The first-order valence-corrected chi connectivity index (χ1v) is 14.6. The molecule has 8 nitrogen and oxygen atoms in total. The number of hydrogen-bond acceptors (Lipinski definition) is 6. The molecule has 40 heavy (non-hydrogen) atoms. The smallest absolute Gasteiger partial charge is 0.417 e. The lowest BCUT2D eigenvalue weighted by Gasteiger charge is -2.33. The maximum absolute atomic E-state index is 13.2. The van der Waals surface area contributed by atoms with Crippen LogP contribution >= 0.6 is 0 Å². The van der Waals surface area contributed by atoms with Crippen molar-refractivity contribution in [2.24, 2.45) is 17.8 Å². The molecule has 2 aliphatic heterocycles. The van der Waals surface area contributed by atoms with E-state index in [1.807, 2.05) is 17.0 Å². The Morgan fingerprint density at radius 2 is 1.57 bits per heavy atom. The van der Waals surface area contributed by atoms with Gasteiger partial charge in [-0.2, -0.15) is 17.5 Å². The van der Waals surface area contributed by atoms with E-state index in [0.717, 1.165) is 25.0 Å². The maximum Gasteiger partial charge on any atom is 0.417 e. The molecule has 1 saturated carbocycles. The molecule has 0 unspecified atom stereocenters. The second-order valence-electron chi connectivity index (χ2n) is 10.5. The SMILES string of the molecule is O=C(C1[C@H]2CN(S(=O)(=O)c3ccc(Oc4ccc(C(F)(F)F)cn4)cc3)C[C@H]12)N1CCC(c2ccncc2)CC1. The van der Waals surface area contributed by atoms with Gasteiger partial charge in [0.25, 0.3) is 0 Å². The third-order valence-electron chi connectivity index (χ3n) is 8.18. The van der Waals surface area contributed by atoms with Gasteiger partial charge in [0.05, 0.1) is 10.5 Å². The summed E-state index contributed by atoms with van der Waals surface area (Å²) < 4.78 is 71.4. The predicted molar refractivity (Wildman–Crippen MR) is 138 cm³/mol. The van der Waals surface area contributed by atoms with Crippen molar-refractivity contribution in [1.82, 2.24) is 19.2 Å². The van der Waals surface area contributed by atoms with Crippen molar-refractivity contribution in [3.05, 3.63) is 78.2 Å². The molecule has 6 rings (SSSR count). The van der Waals surface area contributed by atoms with E-state index in [1.54, 1.807) is 12.4 Å². The molecule has 3 aliphatic rings. The van der Waals surface area contributed by atoms with Crippen molar-refractivity contribution in [2.75, 3.05) is 26.2 Å². The summed E-state index contributed by atoms with van der Waals surface area (Å²) in [5, 5.41) is 0. The Hall–Kier alpha value is -3.51. The van der Waals surface area contributed by atoms with Crippen molar-refractivity contribution < 1.29 is 31.1 Å². The van der Waals surface area contributed by atoms with Gasteiger partial charge in [0, 0.05) is 56.8 Å². The third-order valence-corrected chi connectivity index (χ3v) is 10.0. The summed E-state index contributed by atoms with van der Waals surface area (Å²) in [6.45, 7) is 2.04. The molecule has 0 radical (unpaired) electrons. The largest absolute Gasteiger partial charge is 0.439 e. The van der Waals surface area contributed by atoms with Crippen LogP contribution in [-0.4, -0.2) is 59.7 Å². The van der Waals surface area contributed by atoms with E-state index < -0.39 is 21.8 Å². The van der Waals surface area contributed by atoms with Crippen LogP contribution < -0.4 is 4.74 Å². The lowest BCUT2D eigenvalue weighted by molar-refractivity contribution is -0.138. The Labute approximate surface area is 229 Å². The Bertz CT molecular complexity index is 1460. The zero-order valence-electron chi connectivity index (χ0n) is 21.4. The Balaban J connectivity index is 1.02. The minimum Gasteiger partial charge on any atom is -0.439 e. The van der Waals surface area contributed by atoms with Gasteiger partial charge in [0.15, 0.2) is 0 Å². The molecule has 1 aromatic carbocycles. The van der Waals surface area contributed by atoms with E-state index in [1.165, 1.54) is 34.1 Å².